The minimum Gasteiger partial charge on any atom is -1.00 e. The van der Waals surface area contributed by atoms with Crippen LogP contribution in [0, 0.1) is 11.8 Å². The van der Waals surface area contributed by atoms with Gasteiger partial charge in [-0.3, -0.25) is 0 Å². The zero-order valence-electron chi connectivity index (χ0n) is 23.1. The fourth-order valence-electron chi connectivity index (χ4n) is 6.75. The van der Waals surface area contributed by atoms with E-state index in [9.17, 15) is 0 Å². The Morgan fingerprint density at radius 3 is 1.34 bits per heavy atom. The van der Waals surface area contributed by atoms with Crippen molar-refractivity contribution in [2.45, 2.75) is 46.5 Å². The van der Waals surface area contributed by atoms with Crippen LogP contribution in [0.2, 0.25) is 11.5 Å². The SMILES string of the molecule is CC(C)C1=Cc2c(ccc3ccccc23)[CH]1[Zr+2]([CH]1C(C(C)C)=Cc2c1ccc1ccccc21)=[Ge]([CH3])[CH3].[Cl-].[Cl-]. The molecule has 6 rings (SSSR count). The largest absolute Gasteiger partial charge is 1.00 e. The van der Waals surface area contributed by atoms with Crippen molar-refractivity contribution in [3.63, 3.8) is 0 Å². The van der Waals surface area contributed by atoms with E-state index in [0.29, 0.717) is 19.1 Å². The first-order valence-corrected chi connectivity index (χ1v) is 28.0. The molecule has 0 aliphatic heterocycles. The van der Waals surface area contributed by atoms with Crippen molar-refractivity contribution in [3.8, 4) is 0 Å². The summed E-state index contributed by atoms with van der Waals surface area (Å²) < 4.78 is 1.42. The second-order valence-corrected chi connectivity index (χ2v) is 40.7. The summed E-state index contributed by atoms with van der Waals surface area (Å²) in [6.45, 7) is 9.75. The monoisotopic (exact) mass is 678 g/mol. The third kappa shape index (κ3) is 4.85. The predicted octanol–water partition coefficient (Wildman–Crippen LogP) is 3.76. The normalized spacial score (nSPS) is 17.3. The maximum Gasteiger partial charge on any atom is -1.00 e. The first-order valence-electron chi connectivity index (χ1n) is 13.5. The summed E-state index contributed by atoms with van der Waals surface area (Å²) in [5.74, 6) is 6.61. The summed E-state index contributed by atoms with van der Waals surface area (Å²) in [6, 6.07) is 27.9. The molecule has 0 bridgehead atoms. The number of rotatable bonds is 4. The molecule has 0 amide bonds. The Kier molecular flexibility index (Phi) is 9.26. The number of hydrogen-bond donors (Lipinski definition) is 0. The standard InChI is InChI=1S/2C16H15.C2H6Ge.2ClH.Zr/c2*1-11(2)14-9-13-8-7-12-5-3-4-6-15(12)16(13)10-14;1-3-2;;;/h2*3-11H,1-2H3;1-2H3;2*1H;/q;;;;;+2/p-2. The van der Waals surface area contributed by atoms with Crippen LogP contribution in [-0.2, 0) is 18.6 Å². The van der Waals surface area contributed by atoms with Gasteiger partial charge >= 0.3 is 227 Å². The van der Waals surface area contributed by atoms with Gasteiger partial charge in [0.25, 0.3) is 0 Å². The van der Waals surface area contributed by atoms with Gasteiger partial charge in [-0.2, -0.15) is 0 Å². The molecule has 4 aromatic carbocycles. The molecule has 4 heteroatoms. The molecule has 0 aromatic heterocycles. The van der Waals surface area contributed by atoms with Crippen LogP contribution in [0.3, 0.4) is 0 Å². The minimum atomic E-state index is -2.04. The molecule has 0 saturated carbocycles. The summed E-state index contributed by atoms with van der Waals surface area (Å²) >= 11 is -2.04. The van der Waals surface area contributed by atoms with Gasteiger partial charge in [0.1, 0.15) is 0 Å². The summed E-state index contributed by atoms with van der Waals surface area (Å²) in [7, 11) is -1.20. The summed E-state index contributed by atoms with van der Waals surface area (Å²) in [6.07, 6.45) is 5.26. The number of allylic oxidation sites excluding steroid dienone is 2. The molecule has 2 unspecified atom stereocenters. The van der Waals surface area contributed by atoms with Crippen LogP contribution in [0.15, 0.2) is 83.9 Å². The average Bonchev–Trinajstić information content (AvgIpc) is 3.44. The zero-order valence-corrected chi connectivity index (χ0v) is 29.2. The first kappa shape index (κ1) is 29.9. The van der Waals surface area contributed by atoms with E-state index in [1.165, 1.54) is 32.7 Å². The van der Waals surface area contributed by atoms with E-state index in [4.69, 9.17) is 0 Å². The summed E-state index contributed by atoms with van der Waals surface area (Å²) in [4.78, 5) is 0. The first-order chi connectivity index (χ1) is 17.4. The average molecular weight is 679 g/mol. The Labute approximate surface area is 249 Å². The van der Waals surface area contributed by atoms with E-state index < -0.39 is 28.6 Å². The van der Waals surface area contributed by atoms with Crippen LogP contribution in [0.4, 0.5) is 0 Å². The van der Waals surface area contributed by atoms with Gasteiger partial charge in [0, 0.05) is 0 Å². The van der Waals surface area contributed by atoms with Crippen molar-refractivity contribution < 1.29 is 43.4 Å². The number of hydrogen-bond acceptors (Lipinski definition) is 0. The molecule has 2 aliphatic rings. The van der Waals surface area contributed by atoms with Gasteiger partial charge < -0.3 is 24.8 Å². The van der Waals surface area contributed by atoms with Crippen LogP contribution < -0.4 is 24.8 Å². The van der Waals surface area contributed by atoms with Crippen LogP contribution in [0.1, 0.15) is 57.2 Å². The van der Waals surface area contributed by atoms with Crippen LogP contribution in [0.25, 0.3) is 33.7 Å². The molecule has 0 N–H and O–H groups in total. The zero-order chi connectivity index (χ0) is 25.1. The maximum absolute atomic E-state index is 2.71. The molecule has 0 saturated heterocycles. The molecule has 0 radical (unpaired) electrons. The summed E-state index contributed by atoms with van der Waals surface area (Å²) in [5.41, 5.74) is 9.87. The number of halogens is 2. The minimum absolute atomic E-state index is 0. The second kappa shape index (κ2) is 11.8. The molecule has 0 spiro atoms. The number of benzene rings is 4. The Balaban J connectivity index is 0.00000168. The van der Waals surface area contributed by atoms with Gasteiger partial charge in [-0.05, 0) is 0 Å². The fourth-order valence-corrected chi connectivity index (χ4v) is 39.4. The third-order valence-electron chi connectivity index (χ3n) is 8.45. The molecule has 0 heterocycles. The molecule has 0 nitrogen and oxygen atoms in total. The maximum atomic E-state index is 2.71. The quantitative estimate of drug-likeness (QED) is 0.289. The Morgan fingerprint density at radius 1 is 0.579 bits per heavy atom. The molecular weight excluding hydrogens is 643 g/mol. The molecule has 2 atom stereocenters. The smallest absolute Gasteiger partial charge is 1.00 e. The van der Waals surface area contributed by atoms with Gasteiger partial charge in [0.15, 0.2) is 0 Å². The molecule has 0 fully saturated rings. The topological polar surface area (TPSA) is 0 Å². The Bertz CT molecular complexity index is 1510. The van der Waals surface area contributed by atoms with Crippen LogP contribution >= 0.6 is 0 Å². The van der Waals surface area contributed by atoms with Crippen molar-refractivity contribution in [1.82, 2.24) is 0 Å². The molecule has 38 heavy (non-hydrogen) atoms. The van der Waals surface area contributed by atoms with Crippen molar-refractivity contribution in [3.05, 3.63) is 106 Å². The van der Waals surface area contributed by atoms with Gasteiger partial charge in [-0.1, -0.05) is 0 Å². The second-order valence-electron chi connectivity index (χ2n) is 11.5. The predicted molar refractivity (Wildman–Crippen MR) is 156 cm³/mol. The molecule has 4 aromatic rings. The van der Waals surface area contributed by atoms with E-state index >= 15 is 0 Å². The van der Waals surface area contributed by atoms with Gasteiger partial charge in [0.05, 0.1) is 0 Å². The summed E-state index contributed by atoms with van der Waals surface area (Å²) in [5, 5.41) is 5.66. The molecule has 2 aliphatic carbocycles. The van der Waals surface area contributed by atoms with Crippen molar-refractivity contribution in [2.24, 2.45) is 11.8 Å². The van der Waals surface area contributed by atoms with E-state index in [1.807, 2.05) is 0 Å². The van der Waals surface area contributed by atoms with Gasteiger partial charge in [0.2, 0.25) is 0 Å². The van der Waals surface area contributed by atoms with Gasteiger partial charge in [-0.15, -0.1) is 0 Å². The fraction of sp³-hybridized carbons (Fsp3) is 0.294. The van der Waals surface area contributed by atoms with Gasteiger partial charge in [-0.25, -0.2) is 0 Å². The van der Waals surface area contributed by atoms with E-state index in [2.05, 4.69) is 124 Å². The third-order valence-corrected chi connectivity index (χ3v) is 39.0. The Hall–Kier alpha value is -1.11. The van der Waals surface area contributed by atoms with Crippen molar-refractivity contribution in [1.29, 1.82) is 0 Å². The molecular formula is C34H36Cl2GeZr. The van der Waals surface area contributed by atoms with Crippen molar-refractivity contribution in [2.75, 3.05) is 0 Å². The van der Waals surface area contributed by atoms with E-state index in [0.717, 1.165) is 0 Å². The van der Waals surface area contributed by atoms with Crippen LogP contribution in [0.5, 0.6) is 0 Å². The van der Waals surface area contributed by atoms with Crippen molar-refractivity contribution >= 4 is 43.7 Å². The van der Waals surface area contributed by atoms with E-state index in [-0.39, 0.29) is 24.8 Å². The Morgan fingerprint density at radius 2 is 0.974 bits per heavy atom. The number of fused-ring (bicyclic) bond motifs is 6. The van der Waals surface area contributed by atoms with Crippen LogP contribution in [-0.4, -0.2) is 9.98 Å². The van der Waals surface area contributed by atoms with E-state index in [1.54, 1.807) is 22.3 Å². The molecule has 194 valence electrons.